The minimum atomic E-state index is -0.498. The minimum Gasteiger partial charge on any atom is -0.497 e. The molecule has 6 rings (SSSR count). The van der Waals surface area contributed by atoms with Crippen molar-refractivity contribution in [3.8, 4) is 11.5 Å². The van der Waals surface area contributed by atoms with Crippen LogP contribution in [-0.4, -0.2) is 50.8 Å². The van der Waals surface area contributed by atoms with Crippen molar-refractivity contribution in [1.29, 1.82) is 0 Å². The number of methoxy groups -OCH3 is 2. The number of nitrogens with zero attached hydrogens (tertiary/aromatic N) is 1. The number of hydrogen-bond acceptors (Lipinski definition) is 6. The zero-order chi connectivity index (χ0) is 27.0. The molecule has 0 saturated carbocycles. The number of hydrogen-bond donors (Lipinski definition) is 0. The molecule has 6 nitrogen and oxygen atoms in total. The summed E-state index contributed by atoms with van der Waals surface area (Å²) in [6, 6.07) is 23.9. The number of esters is 1. The highest BCUT2D eigenvalue weighted by Gasteiger charge is 2.57. The monoisotopic (exact) mass is 525 g/mol. The fraction of sp³-hybridized carbons (Fsp3) is 0.364. The average molecular weight is 526 g/mol. The van der Waals surface area contributed by atoms with Gasteiger partial charge < -0.3 is 23.8 Å². The number of ether oxygens (including phenoxy) is 4. The number of likely N-dealkylation sites (tertiary alicyclic amines) is 1. The lowest BCUT2D eigenvalue weighted by molar-refractivity contribution is -0.0218. The Morgan fingerprint density at radius 1 is 0.974 bits per heavy atom. The number of carbonyl (C=O) groups is 1. The molecule has 39 heavy (non-hydrogen) atoms. The molecule has 4 atom stereocenters. The van der Waals surface area contributed by atoms with E-state index in [1.54, 1.807) is 26.4 Å². The lowest BCUT2D eigenvalue weighted by atomic mass is 9.53. The van der Waals surface area contributed by atoms with Crippen molar-refractivity contribution in [2.75, 3.05) is 27.8 Å². The van der Waals surface area contributed by atoms with Gasteiger partial charge in [0.1, 0.15) is 12.4 Å². The van der Waals surface area contributed by atoms with Crippen molar-refractivity contribution in [3.63, 3.8) is 0 Å². The van der Waals surface area contributed by atoms with Crippen molar-refractivity contribution in [3.05, 3.63) is 107 Å². The van der Waals surface area contributed by atoms with Crippen LogP contribution in [0.2, 0.25) is 0 Å². The fourth-order valence-electron chi connectivity index (χ4n) is 6.90. The number of piperidine rings is 1. The highest BCUT2D eigenvalue weighted by atomic mass is 16.6. The number of likely N-dealkylation sites (N-methyl/N-ethyl adjacent to an activating group) is 1. The molecule has 202 valence electrons. The van der Waals surface area contributed by atoms with E-state index in [9.17, 15) is 4.79 Å². The molecule has 2 aliphatic carbocycles. The van der Waals surface area contributed by atoms with Crippen molar-refractivity contribution in [1.82, 2.24) is 4.90 Å². The van der Waals surface area contributed by atoms with Gasteiger partial charge in [0.05, 0.1) is 19.8 Å². The molecule has 0 aromatic heterocycles. The lowest BCUT2D eigenvalue weighted by Gasteiger charge is -2.58. The molecule has 1 saturated heterocycles. The predicted octanol–water partition coefficient (Wildman–Crippen LogP) is 5.55. The van der Waals surface area contributed by atoms with Gasteiger partial charge >= 0.3 is 5.97 Å². The van der Waals surface area contributed by atoms with Gasteiger partial charge in [0.15, 0.2) is 17.6 Å². The first-order valence-electron chi connectivity index (χ1n) is 13.6. The van der Waals surface area contributed by atoms with Crippen LogP contribution in [0.3, 0.4) is 0 Å². The highest BCUT2D eigenvalue weighted by Crippen LogP contribution is 2.59. The summed E-state index contributed by atoms with van der Waals surface area (Å²) < 4.78 is 24.5. The van der Waals surface area contributed by atoms with E-state index >= 15 is 0 Å². The molecule has 1 fully saturated rings. The summed E-state index contributed by atoms with van der Waals surface area (Å²) in [6.45, 7) is 1.40. The summed E-state index contributed by atoms with van der Waals surface area (Å²) in [7, 11) is 5.57. The Bertz CT molecular complexity index is 1370. The van der Waals surface area contributed by atoms with Crippen molar-refractivity contribution in [2.45, 2.75) is 43.4 Å². The van der Waals surface area contributed by atoms with Crippen LogP contribution < -0.4 is 9.47 Å². The Morgan fingerprint density at radius 2 is 1.72 bits per heavy atom. The Labute approximate surface area is 230 Å². The lowest BCUT2D eigenvalue weighted by Crippen LogP contribution is -2.61. The number of fused-ring (bicyclic) bond motifs is 1. The molecule has 0 N–H and O–H groups in total. The van der Waals surface area contributed by atoms with Gasteiger partial charge in [-0.25, -0.2) is 4.79 Å². The number of carbonyl (C=O) groups excluding carboxylic acids is 1. The minimum absolute atomic E-state index is 0.191. The maximum absolute atomic E-state index is 13.2. The van der Waals surface area contributed by atoms with Crippen LogP contribution in [0.4, 0.5) is 0 Å². The molecular formula is C33H35NO5. The second-order valence-corrected chi connectivity index (χ2v) is 10.8. The Hall–Kier alpha value is -3.77. The molecule has 1 aliphatic heterocycles. The van der Waals surface area contributed by atoms with E-state index in [0.29, 0.717) is 24.6 Å². The maximum Gasteiger partial charge on any atom is 0.338 e. The van der Waals surface area contributed by atoms with Crippen LogP contribution >= 0.6 is 0 Å². The zero-order valence-corrected chi connectivity index (χ0v) is 22.8. The first kappa shape index (κ1) is 25.5. The van der Waals surface area contributed by atoms with Gasteiger partial charge in [-0.2, -0.15) is 0 Å². The third kappa shape index (κ3) is 4.47. The third-order valence-electron chi connectivity index (χ3n) is 8.82. The van der Waals surface area contributed by atoms with E-state index in [1.165, 1.54) is 11.1 Å². The van der Waals surface area contributed by atoms with Crippen LogP contribution in [0.5, 0.6) is 11.5 Å². The molecular weight excluding hydrogens is 490 g/mol. The van der Waals surface area contributed by atoms with Crippen LogP contribution in [0.25, 0.3) is 0 Å². The smallest absolute Gasteiger partial charge is 0.338 e. The van der Waals surface area contributed by atoms with E-state index in [4.69, 9.17) is 18.9 Å². The van der Waals surface area contributed by atoms with Gasteiger partial charge in [0.2, 0.25) is 0 Å². The quantitative estimate of drug-likeness (QED) is 0.377. The van der Waals surface area contributed by atoms with E-state index in [0.717, 1.165) is 42.2 Å². The van der Waals surface area contributed by atoms with Crippen LogP contribution in [0.1, 0.15) is 39.9 Å². The summed E-state index contributed by atoms with van der Waals surface area (Å²) in [5.74, 6) is 2.10. The maximum atomic E-state index is 13.2. The molecule has 1 unspecified atom stereocenters. The van der Waals surface area contributed by atoms with E-state index in [1.807, 2.05) is 42.5 Å². The standard InChI is InChI=1S/C33H35NO5/c1-34-17-16-33-20-29(39-32(35)23-12-8-5-9-13-23)28(37-3)19-25(33)26(34)18-24-14-15-27(36-2)31(30(24)33)38-21-22-10-6-4-7-11-22/h4-15,19,25-26,29H,16-18,20-21H2,1-3H3/t25-,26-,29?,33+/m0/s1. The van der Waals surface area contributed by atoms with Crippen LogP contribution in [0, 0.1) is 5.92 Å². The van der Waals surface area contributed by atoms with Gasteiger partial charge in [0.25, 0.3) is 0 Å². The molecule has 0 radical (unpaired) electrons. The Morgan fingerprint density at radius 3 is 2.44 bits per heavy atom. The van der Waals surface area contributed by atoms with E-state index in [2.05, 4.69) is 36.2 Å². The SMILES string of the molecule is COC1=C[C@H]2[C@@H]3Cc4ccc(OC)c(OCc5ccccc5)c4[C@]2(CCN3C)CC1OC(=O)c1ccccc1. The summed E-state index contributed by atoms with van der Waals surface area (Å²) in [5.41, 5.74) is 3.82. The van der Waals surface area contributed by atoms with Gasteiger partial charge in [-0.15, -0.1) is 0 Å². The van der Waals surface area contributed by atoms with Crippen LogP contribution in [-0.2, 0) is 27.9 Å². The summed E-state index contributed by atoms with van der Waals surface area (Å²) >= 11 is 0. The molecule has 1 heterocycles. The van der Waals surface area contributed by atoms with E-state index < -0.39 is 6.10 Å². The van der Waals surface area contributed by atoms with Crippen molar-refractivity contribution in [2.24, 2.45) is 5.92 Å². The fourth-order valence-corrected chi connectivity index (χ4v) is 6.90. The number of rotatable bonds is 7. The first-order chi connectivity index (χ1) is 19.0. The normalized spacial score (nSPS) is 25.5. The van der Waals surface area contributed by atoms with Gasteiger partial charge in [0, 0.05) is 29.4 Å². The third-order valence-corrected chi connectivity index (χ3v) is 8.82. The second kappa shape index (κ2) is 10.4. The topological polar surface area (TPSA) is 57.2 Å². The molecule has 3 aromatic carbocycles. The van der Waals surface area contributed by atoms with Gasteiger partial charge in [-0.05, 0) is 61.8 Å². The first-order valence-corrected chi connectivity index (χ1v) is 13.6. The van der Waals surface area contributed by atoms with Gasteiger partial charge in [-0.1, -0.05) is 54.6 Å². The zero-order valence-electron chi connectivity index (χ0n) is 22.8. The number of benzene rings is 3. The summed E-state index contributed by atoms with van der Waals surface area (Å²) in [4.78, 5) is 15.6. The summed E-state index contributed by atoms with van der Waals surface area (Å²) in [6.07, 6.45) is 4.17. The summed E-state index contributed by atoms with van der Waals surface area (Å²) in [5, 5.41) is 0. The van der Waals surface area contributed by atoms with Gasteiger partial charge in [-0.3, -0.25) is 0 Å². The predicted molar refractivity (Wildman–Crippen MR) is 149 cm³/mol. The highest BCUT2D eigenvalue weighted by molar-refractivity contribution is 5.89. The Balaban J connectivity index is 1.44. The van der Waals surface area contributed by atoms with Crippen LogP contribution in [0.15, 0.2) is 84.6 Å². The molecule has 3 aromatic rings. The molecule has 0 amide bonds. The average Bonchev–Trinajstić information content (AvgIpc) is 2.98. The molecule has 6 heteroatoms. The van der Waals surface area contributed by atoms with E-state index in [-0.39, 0.29) is 17.3 Å². The van der Waals surface area contributed by atoms with Crippen molar-refractivity contribution < 1.29 is 23.7 Å². The molecule has 2 bridgehead atoms. The molecule has 3 aliphatic rings. The Kier molecular flexibility index (Phi) is 6.81. The van der Waals surface area contributed by atoms with Crippen molar-refractivity contribution >= 4 is 5.97 Å². The molecule has 0 spiro atoms. The second-order valence-electron chi connectivity index (χ2n) is 10.8. The largest absolute Gasteiger partial charge is 0.497 e.